The lowest BCUT2D eigenvalue weighted by Gasteiger charge is -2.10. The Labute approximate surface area is 84.4 Å². The van der Waals surface area contributed by atoms with Crippen LogP contribution in [-0.2, 0) is 19.6 Å². The van der Waals surface area contributed by atoms with Gasteiger partial charge in [-0.15, -0.1) is 0 Å². The zero-order valence-corrected chi connectivity index (χ0v) is 8.37. The molecule has 0 bridgehead atoms. The summed E-state index contributed by atoms with van der Waals surface area (Å²) in [6, 6.07) is 0. The fourth-order valence-electron chi connectivity index (χ4n) is 1.43. The highest BCUT2D eigenvalue weighted by Gasteiger charge is 2.10. The molecule has 0 saturated carbocycles. The van der Waals surface area contributed by atoms with Gasteiger partial charge in [0.15, 0.2) is 6.10 Å². The first-order chi connectivity index (χ1) is 6.93. The molecular weight excluding hydrogens is 184 g/mol. The monoisotopic (exact) mass is 201 g/mol. The summed E-state index contributed by atoms with van der Waals surface area (Å²) in [4.78, 5) is 19.8. The second-order valence-corrected chi connectivity index (χ2v) is 3.50. The molecule has 4 nitrogen and oxygen atoms in total. The second kappa shape index (κ2) is 7.91. The number of hydrogen-bond donors (Lipinski definition) is 0. The van der Waals surface area contributed by atoms with Crippen LogP contribution < -0.4 is 0 Å². The second-order valence-electron chi connectivity index (χ2n) is 3.50. The van der Waals surface area contributed by atoms with E-state index in [0.717, 1.165) is 25.7 Å². The first kappa shape index (κ1) is 11.6. The van der Waals surface area contributed by atoms with E-state index in [1.807, 2.05) is 0 Å². The van der Waals surface area contributed by atoms with E-state index in [1.165, 1.54) is 12.8 Å². The zero-order chi connectivity index (χ0) is 10.1. The number of carbonyl (C=O) groups excluding carboxylic acids is 1. The molecule has 1 fully saturated rings. The van der Waals surface area contributed by atoms with E-state index >= 15 is 0 Å². The Morgan fingerprint density at radius 3 is 2.50 bits per heavy atom. The summed E-state index contributed by atoms with van der Waals surface area (Å²) in [5, 5.41) is 4.45. The molecule has 1 heterocycles. The number of rotatable bonds is 1. The van der Waals surface area contributed by atoms with Gasteiger partial charge in [-0.1, -0.05) is 37.1 Å². The summed E-state index contributed by atoms with van der Waals surface area (Å²) in [5.41, 5.74) is 0. The molecular formula is C10H17O4. The fraction of sp³-hybridized carbons (Fsp3) is 0.900. The maximum atomic E-state index is 10.4. The highest BCUT2D eigenvalue weighted by Crippen LogP contribution is 2.11. The minimum atomic E-state index is -0.602. The molecule has 1 saturated heterocycles. The van der Waals surface area contributed by atoms with Crippen LogP contribution >= 0.6 is 0 Å². The SMILES string of the molecule is O=[C]C1CCCCCCCCOOO1. The van der Waals surface area contributed by atoms with E-state index in [-0.39, 0.29) is 0 Å². The van der Waals surface area contributed by atoms with Crippen LogP contribution in [-0.4, -0.2) is 19.0 Å². The van der Waals surface area contributed by atoms with Crippen LogP contribution in [0.25, 0.3) is 0 Å². The van der Waals surface area contributed by atoms with Crippen molar-refractivity contribution in [3.63, 3.8) is 0 Å². The molecule has 1 radical (unpaired) electrons. The van der Waals surface area contributed by atoms with Crippen molar-refractivity contribution in [1.29, 1.82) is 0 Å². The van der Waals surface area contributed by atoms with Crippen LogP contribution in [0.4, 0.5) is 0 Å². The van der Waals surface area contributed by atoms with E-state index in [0.29, 0.717) is 13.0 Å². The molecule has 1 aliphatic heterocycles. The Balaban J connectivity index is 2.20. The van der Waals surface area contributed by atoms with Crippen molar-refractivity contribution < 1.29 is 19.6 Å². The Morgan fingerprint density at radius 1 is 1.00 bits per heavy atom. The van der Waals surface area contributed by atoms with Crippen molar-refractivity contribution in [2.75, 3.05) is 6.61 Å². The molecule has 81 valence electrons. The van der Waals surface area contributed by atoms with Crippen molar-refractivity contribution in [3.05, 3.63) is 0 Å². The third-order valence-electron chi connectivity index (χ3n) is 2.28. The molecule has 0 aliphatic carbocycles. The predicted octanol–water partition coefficient (Wildman–Crippen LogP) is 2.09. The summed E-state index contributed by atoms with van der Waals surface area (Å²) in [6.07, 6.45) is 8.52. The van der Waals surface area contributed by atoms with Gasteiger partial charge >= 0.3 is 0 Å². The Morgan fingerprint density at radius 2 is 1.71 bits per heavy atom. The predicted molar refractivity (Wildman–Crippen MR) is 49.9 cm³/mol. The topological polar surface area (TPSA) is 44.8 Å². The lowest BCUT2D eigenvalue weighted by Crippen LogP contribution is -2.15. The van der Waals surface area contributed by atoms with E-state index in [9.17, 15) is 4.79 Å². The first-order valence-corrected chi connectivity index (χ1v) is 5.26. The molecule has 0 amide bonds. The first-order valence-electron chi connectivity index (χ1n) is 5.26. The average Bonchev–Trinajstić information content (AvgIpc) is 2.19. The van der Waals surface area contributed by atoms with Gasteiger partial charge in [0.25, 0.3) is 0 Å². The van der Waals surface area contributed by atoms with Gasteiger partial charge in [-0.05, 0) is 12.8 Å². The van der Waals surface area contributed by atoms with Gasteiger partial charge in [0, 0.05) is 0 Å². The average molecular weight is 201 g/mol. The summed E-state index contributed by atoms with van der Waals surface area (Å²) < 4.78 is 0. The Kier molecular flexibility index (Phi) is 6.57. The summed E-state index contributed by atoms with van der Waals surface area (Å²) in [7, 11) is 0. The minimum Gasteiger partial charge on any atom is -0.288 e. The van der Waals surface area contributed by atoms with Gasteiger partial charge in [0.2, 0.25) is 6.29 Å². The summed E-state index contributed by atoms with van der Waals surface area (Å²) >= 11 is 0. The van der Waals surface area contributed by atoms with Crippen LogP contribution in [0, 0.1) is 0 Å². The van der Waals surface area contributed by atoms with Crippen molar-refractivity contribution in [3.8, 4) is 0 Å². The lowest BCUT2D eigenvalue weighted by atomic mass is 10.1. The van der Waals surface area contributed by atoms with Gasteiger partial charge < -0.3 is 0 Å². The van der Waals surface area contributed by atoms with Gasteiger partial charge in [0.05, 0.1) is 6.61 Å². The summed E-state index contributed by atoms with van der Waals surface area (Å²) in [6.45, 7) is 0.519. The van der Waals surface area contributed by atoms with Crippen LogP contribution in [0.2, 0.25) is 0 Å². The van der Waals surface area contributed by atoms with Crippen molar-refractivity contribution in [2.45, 2.75) is 51.0 Å². The molecule has 14 heavy (non-hydrogen) atoms. The van der Waals surface area contributed by atoms with E-state index in [2.05, 4.69) is 5.04 Å². The maximum absolute atomic E-state index is 10.4. The zero-order valence-electron chi connectivity index (χ0n) is 8.37. The highest BCUT2D eigenvalue weighted by atomic mass is 17.5. The standard InChI is InChI=1S/C10H17O4/c11-9-10-7-5-3-1-2-4-6-8-12-14-13-10/h10H,1-8H2. The van der Waals surface area contributed by atoms with Crippen LogP contribution in [0.15, 0.2) is 0 Å². The van der Waals surface area contributed by atoms with Crippen molar-refractivity contribution >= 4 is 6.29 Å². The molecule has 1 aliphatic rings. The molecule has 1 atom stereocenters. The van der Waals surface area contributed by atoms with Gasteiger partial charge in [-0.3, -0.25) is 4.79 Å². The molecule has 0 aromatic rings. The highest BCUT2D eigenvalue weighted by molar-refractivity contribution is 5.56. The third kappa shape index (κ3) is 5.32. The van der Waals surface area contributed by atoms with Gasteiger partial charge in [-0.25, -0.2) is 4.89 Å². The van der Waals surface area contributed by atoms with Gasteiger partial charge in [0.1, 0.15) is 0 Å². The van der Waals surface area contributed by atoms with Crippen molar-refractivity contribution in [2.24, 2.45) is 0 Å². The summed E-state index contributed by atoms with van der Waals surface area (Å²) in [5.74, 6) is 0. The van der Waals surface area contributed by atoms with Crippen LogP contribution in [0.1, 0.15) is 44.9 Å². The van der Waals surface area contributed by atoms with Gasteiger partial charge in [-0.2, -0.15) is 4.89 Å². The molecule has 0 aromatic carbocycles. The fourth-order valence-corrected chi connectivity index (χ4v) is 1.43. The van der Waals surface area contributed by atoms with Crippen LogP contribution in [0.3, 0.4) is 0 Å². The van der Waals surface area contributed by atoms with E-state index in [1.54, 1.807) is 6.29 Å². The molecule has 1 unspecified atom stereocenters. The van der Waals surface area contributed by atoms with E-state index < -0.39 is 6.10 Å². The minimum absolute atomic E-state index is 0.519. The molecule has 1 rings (SSSR count). The number of hydrogen-bond acceptors (Lipinski definition) is 4. The molecule has 0 aromatic heterocycles. The molecule has 0 N–H and O–H groups in total. The largest absolute Gasteiger partial charge is 0.288 e. The third-order valence-corrected chi connectivity index (χ3v) is 2.28. The molecule has 0 spiro atoms. The maximum Gasteiger partial charge on any atom is 0.233 e. The van der Waals surface area contributed by atoms with Crippen LogP contribution in [0.5, 0.6) is 0 Å². The lowest BCUT2D eigenvalue weighted by molar-refractivity contribution is -0.520. The smallest absolute Gasteiger partial charge is 0.233 e. The Hall–Kier alpha value is -0.450. The van der Waals surface area contributed by atoms with Crippen molar-refractivity contribution in [1.82, 2.24) is 0 Å². The quantitative estimate of drug-likeness (QED) is 0.609. The normalized spacial score (nSPS) is 27.3. The Bertz CT molecular complexity index is 137. The van der Waals surface area contributed by atoms with E-state index in [4.69, 9.17) is 9.78 Å². The molecule has 4 heteroatoms.